The highest BCUT2D eigenvalue weighted by molar-refractivity contribution is 5.53. The normalized spacial score (nSPS) is 11.2. The fourth-order valence-corrected chi connectivity index (χ4v) is 3.02. The molecule has 0 aliphatic heterocycles. The minimum absolute atomic E-state index is 0.217. The predicted octanol–water partition coefficient (Wildman–Crippen LogP) is 5.01. The molecule has 0 unspecified atom stereocenters. The van der Waals surface area contributed by atoms with Gasteiger partial charge in [0.2, 0.25) is 0 Å². The first-order chi connectivity index (χ1) is 15.8. The zero-order valence-corrected chi connectivity index (χ0v) is 17.0. The summed E-state index contributed by atoms with van der Waals surface area (Å²) in [6.07, 6.45) is 1.58. The Balaban J connectivity index is 1.10. The first-order valence-electron chi connectivity index (χ1n) is 9.94. The number of furan rings is 1. The Morgan fingerprint density at radius 2 is 1.16 bits per heavy atom. The highest BCUT2D eigenvalue weighted by Gasteiger charge is 2.13. The van der Waals surface area contributed by atoms with Crippen LogP contribution in [0.25, 0.3) is 22.8 Å². The van der Waals surface area contributed by atoms with E-state index in [1.165, 1.54) is 0 Å². The molecule has 4 aromatic heterocycles. The van der Waals surface area contributed by atoms with Gasteiger partial charge in [0.25, 0.3) is 0 Å². The lowest BCUT2D eigenvalue weighted by Crippen LogP contribution is -1.92. The first-order valence-corrected chi connectivity index (χ1v) is 9.94. The standard InChI is InChI=1S/C23H19N3O6/c1-2-5-16(6-3-1)12-27-13-17-9-20(24-30-17)21-10-18(31-25-21)14-28-15-19-11-22(26-32-19)23-7-4-8-29-23/h1-11H,12-15H2. The van der Waals surface area contributed by atoms with Crippen LogP contribution < -0.4 is 0 Å². The molecular formula is C23H19N3O6. The van der Waals surface area contributed by atoms with Crippen LogP contribution in [-0.2, 0) is 35.9 Å². The molecule has 162 valence electrons. The van der Waals surface area contributed by atoms with Crippen LogP contribution in [0.15, 0.2) is 84.9 Å². The van der Waals surface area contributed by atoms with Gasteiger partial charge in [-0.3, -0.25) is 0 Å². The van der Waals surface area contributed by atoms with E-state index < -0.39 is 0 Å². The summed E-state index contributed by atoms with van der Waals surface area (Å²) in [6, 6.07) is 18.8. The van der Waals surface area contributed by atoms with Gasteiger partial charge in [-0.15, -0.1) is 0 Å². The van der Waals surface area contributed by atoms with E-state index in [0.29, 0.717) is 53.3 Å². The van der Waals surface area contributed by atoms with Crippen molar-refractivity contribution in [1.82, 2.24) is 15.5 Å². The molecule has 0 bridgehead atoms. The van der Waals surface area contributed by atoms with E-state index in [1.54, 1.807) is 30.5 Å². The molecule has 0 spiro atoms. The molecule has 0 aliphatic carbocycles. The van der Waals surface area contributed by atoms with Crippen LogP contribution in [0.4, 0.5) is 0 Å². The Morgan fingerprint density at radius 3 is 1.75 bits per heavy atom. The monoisotopic (exact) mass is 433 g/mol. The fourth-order valence-electron chi connectivity index (χ4n) is 3.02. The summed E-state index contributed by atoms with van der Waals surface area (Å²) in [5.41, 5.74) is 2.83. The SMILES string of the molecule is c1ccc(COCc2cc(-c3cc(COCc4cc(-c5ccco5)no4)on3)no2)cc1. The van der Waals surface area contributed by atoms with Crippen molar-refractivity contribution in [3.63, 3.8) is 0 Å². The largest absolute Gasteiger partial charge is 0.463 e. The number of hydrogen-bond donors (Lipinski definition) is 0. The second kappa shape index (κ2) is 9.46. The smallest absolute Gasteiger partial charge is 0.163 e. The quantitative estimate of drug-likeness (QED) is 0.300. The number of nitrogens with zero attached hydrogens (tertiary/aromatic N) is 3. The number of aromatic nitrogens is 3. The van der Waals surface area contributed by atoms with Gasteiger partial charge in [-0.25, -0.2) is 0 Å². The van der Waals surface area contributed by atoms with Crippen LogP contribution in [0.2, 0.25) is 0 Å². The lowest BCUT2D eigenvalue weighted by Gasteiger charge is -2.00. The zero-order chi connectivity index (χ0) is 21.6. The van der Waals surface area contributed by atoms with Gasteiger partial charge in [0.05, 0.1) is 12.9 Å². The van der Waals surface area contributed by atoms with Gasteiger partial charge in [0.15, 0.2) is 23.0 Å². The van der Waals surface area contributed by atoms with Crippen molar-refractivity contribution in [3.05, 3.63) is 89.8 Å². The lowest BCUT2D eigenvalue weighted by molar-refractivity contribution is 0.0727. The third-order valence-corrected chi connectivity index (χ3v) is 4.56. The van der Waals surface area contributed by atoms with Crippen LogP contribution >= 0.6 is 0 Å². The molecule has 5 aromatic rings. The second-order valence-electron chi connectivity index (χ2n) is 6.98. The summed E-state index contributed by atoms with van der Waals surface area (Å²) < 4.78 is 32.5. The van der Waals surface area contributed by atoms with Gasteiger partial charge in [0.1, 0.15) is 36.9 Å². The molecular weight excluding hydrogens is 414 g/mol. The predicted molar refractivity (Wildman–Crippen MR) is 110 cm³/mol. The van der Waals surface area contributed by atoms with E-state index >= 15 is 0 Å². The Morgan fingerprint density at radius 1 is 0.594 bits per heavy atom. The van der Waals surface area contributed by atoms with Gasteiger partial charge < -0.3 is 27.5 Å². The third kappa shape index (κ3) is 4.85. The number of benzene rings is 1. The minimum atomic E-state index is 0.217. The number of rotatable bonds is 10. The molecule has 0 saturated heterocycles. The molecule has 9 heteroatoms. The van der Waals surface area contributed by atoms with Crippen molar-refractivity contribution in [2.75, 3.05) is 0 Å². The topological polar surface area (TPSA) is 110 Å². The van der Waals surface area contributed by atoms with E-state index in [9.17, 15) is 0 Å². The van der Waals surface area contributed by atoms with E-state index in [-0.39, 0.29) is 13.2 Å². The fraction of sp³-hybridized carbons (Fsp3) is 0.174. The molecule has 0 atom stereocenters. The highest BCUT2D eigenvalue weighted by Crippen LogP contribution is 2.22. The van der Waals surface area contributed by atoms with Gasteiger partial charge in [-0.1, -0.05) is 45.8 Å². The van der Waals surface area contributed by atoms with Crippen molar-refractivity contribution in [2.24, 2.45) is 0 Å². The molecule has 0 N–H and O–H groups in total. The average Bonchev–Trinajstić information content (AvgIpc) is 3.61. The second-order valence-corrected chi connectivity index (χ2v) is 6.98. The summed E-state index contributed by atoms with van der Waals surface area (Å²) >= 11 is 0. The van der Waals surface area contributed by atoms with Gasteiger partial charge in [-0.2, -0.15) is 0 Å². The maximum absolute atomic E-state index is 5.66. The van der Waals surface area contributed by atoms with Gasteiger partial charge in [0, 0.05) is 18.2 Å². The Bertz CT molecular complexity index is 1240. The molecule has 0 aliphatic rings. The number of ether oxygens (including phenoxy) is 2. The Labute approximate surface area is 182 Å². The van der Waals surface area contributed by atoms with Crippen molar-refractivity contribution < 1.29 is 27.5 Å². The van der Waals surface area contributed by atoms with Crippen molar-refractivity contribution in [1.29, 1.82) is 0 Å². The van der Waals surface area contributed by atoms with E-state index in [4.69, 9.17) is 27.5 Å². The molecule has 0 saturated carbocycles. The van der Waals surface area contributed by atoms with E-state index in [2.05, 4.69) is 15.5 Å². The van der Waals surface area contributed by atoms with Gasteiger partial charge >= 0.3 is 0 Å². The molecule has 0 fully saturated rings. The minimum Gasteiger partial charge on any atom is -0.463 e. The molecule has 9 nitrogen and oxygen atoms in total. The van der Waals surface area contributed by atoms with Crippen molar-refractivity contribution in [3.8, 4) is 22.8 Å². The van der Waals surface area contributed by atoms with Crippen molar-refractivity contribution >= 4 is 0 Å². The lowest BCUT2D eigenvalue weighted by atomic mass is 10.2. The first kappa shape index (κ1) is 20.0. The van der Waals surface area contributed by atoms with Crippen LogP contribution in [0.1, 0.15) is 22.8 Å². The summed E-state index contributed by atoms with van der Waals surface area (Å²) in [5.74, 6) is 2.37. The van der Waals surface area contributed by atoms with Crippen LogP contribution in [-0.4, -0.2) is 15.5 Å². The highest BCUT2D eigenvalue weighted by atomic mass is 16.5. The molecule has 32 heavy (non-hydrogen) atoms. The number of hydrogen-bond acceptors (Lipinski definition) is 9. The van der Waals surface area contributed by atoms with E-state index in [0.717, 1.165) is 5.56 Å². The van der Waals surface area contributed by atoms with E-state index in [1.807, 2.05) is 36.4 Å². The maximum atomic E-state index is 5.66. The van der Waals surface area contributed by atoms with Crippen LogP contribution in [0.5, 0.6) is 0 Å². The maximum Gasteiger partial charge on any atom is 0.163 e. The van der Waals surface area contributed by atoms with Crippen LogP contribution in [0, 0.1) is 0 Å². The Kier molecular flexibility index (Phi) is 5.91. The molecule has 5 rings (SSSR count). The summed E-state index contributed by atoms with van der Waals surface area (Å²) in [4.78, 5) is 0. The molecule has 0 radical (unpaired) electrons. The Hall–Kier alpha value is -3.95. The molecule has 1 aromatic carbocycles. The summed E-state index contributed by atoms with van der Waals surface area (Å²) in [7, 11) is 0. The van der Waals surface area contributed by atoms with Crippen LogP contribution in [0.3, 0.4) is 0 Å². The molecule has 0 amide bonds. The third-order valence-electron chi connectivity index (χ3n) is 4.56. The van der Waals surface area contributed by atoms with Crippen molar-refractivity contribution in [2.45, 2.75) is 26.4 Å². The molecule has 4 heterocycles. The van der Waals surface area contributed by atoms with Gasteiger partial charge in [-0.05, 0) is 17.7 Å². The summed E-state index contributed by atoms with van der Waals surface area (Å²) in [5, 5.41) is 12.0. The average molecular weight is 433 g/mol. The zero-order valence-electron chi connectivity index (χ0n) is 17.0. The summed E-state index contributed by atoms with van der Waals surface area (Å²) in [6.45, 7) is 1.26.